The molecular weight excluding hydrogens is 411 g/mol. The molecular formula is C21H20BrFN2O2. The number of halogens is 2. The summed E-state index contributed by atoms with van der Waals surface area (Å²) in [5, 5.41) is 2.68. The Morgan fingerprint density at radius 2 is 1.85 bits per heavy atom. The summed E-state index contributed by atoms with van der Waals surface area (Å²) >= 11 is 3.37. The lowest BCUT2D eigenvalue weighted by molar-refractivity contribution is 0.120. The average molecular weight is 431 g/mol. The monoisotopic (exact) mass is 430 g/mol. The first kappa shape index (κ1) is 19.2. The fourth-order valence-corrected chi connectivity index (χ4v) is 3.29. The molecule has 0 saturated carbocycles. The Labute approximate surface area is 166 Å². The van der Waals surface area contributed by atoms with Crippen molar-refractivity contribution in [3.05, 3.63) is 76.1 Å². The van der Waals surface area contributed by atoms with Gasteiger partial charge in [-0.25, -0.2) is 9.18 Å². The van der Waals surface area contributed by atoms with Crippen LogP contribution in [0.4, 0.5) is 15.0 Å². The molecule has 0 aliphatic carbocycles. The Morgan fingerprint density at radius 1 is 1.19 bits per heavy atom. The van der Waals surface area contributed by atoms with E-state index < -0.39 is 18.0 Å². The third-order valence-corrected chi connectivity index (χ3v) is 4.93. The minimum Gasteiger partial charge on any atom is -0.441 e. The highest BCUT2D eigenvalue weighted by molar-refractivity contribution is 9.10. The van der Waals surface area contributed by atoms with Gasteiger partial charge in [0.05, 0.1) is 5.56 Å². The number of aryl methyl sites for hydroxylation is 2. The van der Waals surface area contributed by atoms with E-state index in [9.17, 15) is 9.18 Å². The third-order valence-electron chi connectivity index (χ3n) is 4.40. The number of hydrogen-bond acceptors (Lipinski definition) is 2. The van der Waals surface area contributed by atoms with E-state index in [-0.39, 0.29) is 0 Å². The molecule has 3 aromatic rings. The number of nitrogens with zero attached hydrogens (tertiary/aromatic N) is 1. The Balaban J connectivity index is 1.82. The van der Waals surface area contributed by atoms with Gasteiger partial charge in [0.15, 0.2) is 5.82 Å². The zero-order valence-electron chi connectivity index (χ0n) is 15.3. The van der Waals surface area contributed by atoms with E-state index in [4.69, 9.17) is 4.74 Å². The Bertz CT molecular complexity index is 967. The van der Waals surface area contributed by atoms with Crippen molar-refractivity contribution in [2.75, 3.05) is 5.32 Å². The van der Waals surface area contributed by atoms with Crippen molar-refractivity contribution in [2.24, 2.45) is 7.05 Å². The van der Waals surface area contributed by atoms with Gasteiger partial charge in [0, 0.05) is 17.7 Å². The summed E-state index contributed by atoms with van der Waals surface area (Å²) in [4.78, 5) is 12.4. The number of rotatable bonds is 4. The van der Waals surface area contributed by atoms with Gasteiger partial charge in [-0.15, -0.1) is 0 Å². The van der Waals surface area contributed by atoms with Gasteiger partial charge < -0.3 is 9.30 Å². The average Bonchev–Trinajstić information content (AvgIpc) is 2.89. The van der Waals surface area contributed by atoms with E-state index in [1.165, 1.54) is 10.8 Å². The van der Waals surface area contributed by atoms with Crippen LogP contribution in [0.25, 0.3) is 11.1 Å². The molecule has 1 amide bonds. The second-order valence-electron chi connectivity index (χ2n) is 6.35. The second-order valence-corrected chi connectivity index (χ2v) is 7.26. The van der Waals surface area contributed by atoms with Crippen LogP contribution >= 0.6 is 15.9 Å². The van der Waals surface area contributed by atoms with Gasteiger partial charge in [0.1, 0.15) is 11.9 Å². The lowest BCUT2D eigenvalue weighted by Crippen LogP contribution is -2.18. The molecule has 140 valence electrons. The van der Waals surface area contributed by atoms with Gasteiger partial charge in [-0.2, -0.15) is 0 Å². The largest absolute Gasteiger partial charge is 0.441 e. The predicted molar refractivity (Wildman–Crippen MR) is 108 cm³/mol. The summed E-state index contributed by atoms with van der Waals surface area (Å²) in [6, 6.07) is 14.9. The van der Waals surface area contributed by atoms with E-state index in [2.05, 4.69) is 21.2 Å². The van der Waals surface area contributed by atoms with Gasteiger partial charge in [-0.1, -0.05) is 52.3 Å². The molecule has 1 aromatic heterocycles. The summed E-state index contributed by atoms with van der Waals surface area (Å²) in [6.07, 6.45) is 0.273. The first-order valence-corrected chi connectivity index (χ1v) is 9.30. The van der Waals surface area contributed by atoms with Crippen LogP contribution in [0, 0.1) is 12.7 Å². The molecule has 0 radical (unpaired) electrons. The van der Waals surface area contributed by atoms with Crippen LogP contribution < -0.4 is 5.32 Å². The standard InChI is InChI=1S/C21H20BrFN2O2/c1-13-6-4-5-7-17(13)14(2)27-21(26)24-20-19(18(23)12-25(20)3)15-8-10-16(22)11-9-15/h4-12,14H,1-3H3,(H,24,26)/t14-/m1/s1. The lowest BCUT2D eigenvalue weighted by Gasteiger charge is -2.17. The predicted octanol–water partition coefficient (Wildman–Crippen LogP) is 6.21. The van der Waals surface area contributed by atoms with E-state index in [0.717, 1.165) is 15.6 Å². The number of aromatic nitrogens is 1. The number of hydrogen-bond donors (Lipinski definition) is 1. The molecule has 0 aliphatic heterocycles. The Hall–Kier alpha value is -2.60. The number of carbonyl (C=O) groups excluding carboxylic acids is 1. The van der Waals surface area contributed by atoms with Crippen molar-refractivity contribution < 1.29 is 13.9 Å². The molecule has 1 N–H and O–H groups in total. The molecule has 2 aromatic carbocycles. The molecule has 27 heavy (non-hydrogen) atoms. The van der Waals surface area contributed by atoms with Gasteiger partial charge in [-0.05, 0) is 42.7 Å². The minimum absolute atomic E-state index is 0.325. The van der Waals surface area contributed by atoms with E-state index in [1.54, 1.807) is 19.2 Å². The minimum atomic E-state index is -0.634. The van der Waals surface area contributed by atoms with Crippen molar-refractivity contribution in [2.45, 2.75) is 20.0 Å². The summed E-state index contributed by atoms with van der Waals surface area (Å²) in [6.45, 7) is 3.77. The number of anilines is 1. The van der Waals surface area contributed by atoms with Crippen molar-refractivity contribution in [1.29, 1.82) is 0 Å². The molecule has 1 atom stereocenters. The highest BCUT2D eigenvalue weighted by Gasteiger charge is 2.20. The summed E-state index contributed by atoms with van der Waals surface area (Å²) in [5.41, 5.74) is 2.96. The molecule has 6 heteroatoms. The lowest BCUT2D eigenvalue weighted by atomic mass is 10.1. The summed E-state index contributed by atoms with van der Waals surface area (Å²) in [7, 11) is 1.67. The van der Waals surface area contributed by atoms with E-state index >= 15 is 0 Å². The summed E-state index contributed by atoms with van der Waals surface area (Å²) in [5.74, 6) is -0.0705. The quantitative estimate of drug-likeness (QED) is 0.534. The van der Waals surface area contributed by atoms with Gasteiger partial charge in [-0.3, -0.25) is 5.32 Å². The maximum absolute atomic E-state index is 14.5. The van der Waals surface area contributed by atoms with Crippen LogP contribution in [0.1, 0.15) is 24.2 Å². The van der Waals surface area contributed by atoms with Gasteiger partial charge in [0.2, 0.25) is 0 Å². The number of nitrogens with one attached hydrogen (secondary N) is 1. The molecule has 0 fully saturated rings. The molecule has 3 rings (SSSR count). The fraction of sp³-hybridized carbons (Fsp3) is 0.190. The number of carbonyl (C=O) groups is 1. The third kappa shape index (κ3) is 4.22. The maximum Gasteiger partial charge on any atom is 0.413 e. The molecule has 0 bridgehead atoms. The van der Waals surface area contributed by atoms with Crippen molar-refractivity contribution in [3.63, 3.8) is 0 Å². The molecule has 0 saturated heterocycles. The summed E-state index contributed by atoms with van der Waals surface area (Å²) < 4.78 is 22.4. The maximum atomic E-state index is 14.5. The number of benzene rings is 2. The number of ether oxygens (including phenoxy) is 1. The highest BCUT2D eigenvalue weighted by Crippen LogP contribution is 2.33. The first-order valence-electron chi connectivity index (χ1n) is 8.50. The van der Waals surface area contributed by atoms with Crippen LogP contribution in [0.5, 0.6) is 0 Å². The van der Waals surface area contributed by atoms with Crippen molar-refractivity contribution in [1.82, 2.24) is 4.57 Å². The zero-order chi connectivity index (χ0) is 19.6. The zero-order valence-corrected chi connectivity index (χ0v) is 16.9. The van der Waals surface area contributed by atoms with Crippen LogP contribution in [0.15, 0.2) is 59.2 Å². The van der Waals surface area contributed by atoms with Crippen LogP contribution in [0.3, 0.4) is 0 Å². The smallest absolute Gasteiger partial charge is 0.413 e. The van der Waals surface area contributed by atoms with Gasteiger partial charge in [0.25, 0.3) is 0 Å². The van der Waals surface area contributed by atoms with Crippen LogP contribution in [-0.2, 0) is 11.8 Å². The van der Waals surface area contributed by atoms with Crippen LogP contribution in [-0.4, -0.2) is 10.7 Å². The number of amides is 1. The van der Waals surface area contributed by atoms with E-state index in [0.29, 0.717) is 16.9 Å². The highest BCUT2D eigenvalue weighted by atomic mass is 79.9. The van der Waals surface area contributed by atoms with Gasteiger partial charge >= 0.3 is 6.09 Å². The molecule has 0 unspecified atom stereocenters. The Kier molecular flexibility index (Phi) is 5.65. The topological polar surface area (TPSA) is 43.3 Å². The first-order chi connectivity index (χ1) is 12.9. The molecule has 1 heterocycles. The normalized spacial score (nSPS) is 11.9. The molecule has 0 spiro atoms. The molecule has 0 aliphatic rings. The molecule has 4 nitrogen and oxygen atoms in total. The SMILES string of the molecule is Cc1ccccc1[C@@H](C)OC(=O)Nc1c(-c2ccc(Br)cc2)c(F)cn1C. The van der Waals surface area contributed by atoms with Crippen LogP contribution in [0.2, 0.25) is 0 Å². The van der Waals surface area contributed by atoms with Crippen molar-refractivity contribution in [3.8, 4) is 11.1 Å². The Morgan fingerprint density at radius 3 is 2.52 bits per heavy atom. The fourth-order valence-electron chi connectivity index (χ4n) is 3.02. The van der Waals surface area contributed by atoms with E-state index in [1.807, 2.05) is 50.2 Å². The second kappa shape index (κ2) is 7.96. The van der Waals surface area contributed by atoms with Crippen molar-refractivity contribution >= 4 is 27.8 Å².